The molecule has 5 heteroatoms. The highest BCUT2D eigenvalue weighted by atomic mass is 79.9. The molecule has 0 aromatic carbocycles. The van der Waals surface area contributed by atoms with Crippen molar-refractivity contribution in [2.45, 2.75) is 17.7 Å². The van der Waals surface area contributed by atoms with Crippen LogP contribution in [0, 0.1) is 5.92 Å². The van der Waals surface area contributed by atoms with Gasteiger partial charge in [0.05, 0.1) is 6.20 Å². The maximum atomic E-state index is 4.58. The number of halogens is 1. The molecule has 1 aliphatic rings. The number of fused-ring (bicyclic) bond motifs is 1. The van der Waals surface area contributed by atoms with E-state index in [4.69, 9.17) is 0 Å². The lowest BCUT2D eigenvalue weighted by Crippen LogP contribution is -2.35. The van der Waals surface area contributed by atoms with E-state index in [9.17, 15) is 0 Å². The van der Waals surface area contributed by atoms with Crippen LogP contribution in [0.3, 0.4) is 0 Å². The van der Waals surface area contributed by atoms with Gasteiger partial charge in [0.15, 0.2) is 5.65 Å². The van der Waals surface area contributed by atoms with Crippen molar-refractivity contribution < 1.29 is 0 Å². The first-order chi connectivity index (χ1) is 8.22. The van der Waals surface area contributed by atoms with Crippen molar-refractivity contribution in [1.29, 1.82) is 0 Å². The van der Waals surface area contributed by atoms with Crippen LogP contribution in [0.15, 0.2) is 24.5 Å². The molecule has 0 radical (unpaired) electrons. The Morgan fingerprint density at radius 2 is 2.29 bits per heavy atom. The highest BCUT2D eigenvalue weighted by molar-refractivity contribution is 9.09. The summed E-state index contributed by atoms with van der Waals surface area (Å²) in [6.07, 6.45) is 6.29. The van der Waals surface area contributed by atoms with Gasteiger partial charge in [0, 0.05) is 30.7 Å². The van der Waals surface area contributed by atoms with Crippen LogP contribution in [0.5, 0.6) is 0 Å². The molecule has 1 aliphatic carbocycles. The van der Waals surface area contributed by atoms with E-state index >= 15 is 0 Å². The minimum atomic E-state index is 0.728. The summed E-state index contributed by atoms with van der Waals surface area (Å²) in [4.78, 5) is 7.54. The van der Waals surface area contributed by atoms with Crippen molar-refractivity contribution in [3.8, 4) is 0 Å². The van der Waals surface area contributed by atoms with Crippen LogP contribution in [0.25, 0.3) is 5.65 Å². The van der Waals surface area contributed by atoms with Gasteiger partial charge in [0.25, 0.3) is 0 Å². The molecule has 0 amide bonds. The normalized spacial score (nSPS) is 23.6. The van der Waals surface area contributed by atoms with Gasteiger partial charge < -0.3 is 4.90 Å². The van der Waals surface area contributed by atoms with Gasteiger partial charge in [-0.1, -0.05) is 15.9 Å². The first-order valence-corrected chi connectivity index (χ1v) is 6.79. The Labute approximate surface area is 109 Å². The molecule has 90 valence electrons. The molecule has 2 heterocycles. The summed E-state index contributed by atoms with van der Waals surface area (Å²) in [5.41, 5.74) is 0.904. The molecule has 0 spiro atoms. The molecule has 3 rings (SSSR count). The van der Waals surface area contributed by atoms with Crippen molar-refractivity contribution in [3.63, 3.8) is 0 Å². The van der Waals surface area contributed by atoms with Gasteiger partial charge in [0.2, 0.25) is 0 Å². The Bertz CT molecular complexity index is 518. The van der Waals surface area contributed by atoms with Gasteiger partial charge in [-0.3, -0.25) is 0 Å². The second kappa shape index (κ2) is 4.29. The second-order valence-electron chi connectivity index (χ2n) is 4.73. The second-order valence-corrected chi connectivity index (χ2v) is 6.03. The van der Waals surface area contributed by atoms with Gasteiger partial charge in [-0.15, -0.1) is 0 Å². The van der Waals surface area contributed by atoms with E-state index in [1.807, 2.05) is 18.3 Å². The highest BCUT2D eigenvalue weighted by Gasteiger charge is 2.27. The van der Waals surface area contributed by atoms with Crippen molar-refractivity contribution in [2.75, 3.05) is 18.5 Å². The fourth-order valence-electron chi connectivity index (χ4n) is 2.30. The number of nitrogens with zero attached hydrogens (tertiary/aromatic N) is 4. The van der Waals surface area contributed by atoms with E-state index in [1.54, 1.807) is 10.7 Å². The molecule has 4 nitrogen and oxygen atoms in total. The molecule has 0 aliphatic heterocycles. The maximum absolute atomic E-state index is 4.58. The largest absolute Gasteiger partial charge is 0.359 e. The number of aromatic nitrogens is 3. The van der Waals surface area contributed by atoms with Crippen LogP contribution >= 0.6 is 15.9 Å². The molecular weight excluding hydrogens is 280 g/mol. The summed E-state index contributed by atoms with van der Waals surface area (Å²) in [5.74, 6) is 1.82. The van der Waals surface area contributed by atoms with E-state index in [0.29, 0.717) is 0 Å². The van der Waals surface area contributed by atoms with E-state index < -0.39 is 0 Å². The molecule has 0 atom stereocenters. The minimum Gasteiger partial charge on any atom is -0.359 e. The maximum Gasteiger partial charge on any atom is 0.157 e. The molecular formula is C12H15BrN4. The van der Waals surface area contributed by atoms with Crippen LogP contribution < -0.4 is 4.90 Å². The smallest absolute Gasteiger partial charge is 0.157 e. The molecule has 2 aromatic rings. The summed E-state index contributed by atoms with van der Waals surface area (Å²) in [5, 5.41) is 4.15. The van der Waals surface area contributed by atoms with Gasteiger partial charge in [-0.2, -0.15) is 5.10 Å². The number of hydrogen-bond acceptors (Lipinski definition) is 3. The SMILES string of the molecule is CN(CC1CC(Br)C1)c1ccn2nccc2n1. The van der Waals surface area contributed by atoms with Crippen molar-refractivity contribution in [3.05, 3.63) is 24.5 Å². The van der Waals surface area contributed by atoms with E-state index in [1.165, 1.54) is 12.8 Å². The first-order valence-electron chi connectivity index (χ1n) is 5.88. The zero-order valence-corrected chi connectivity index (χ0v) is 11.3. The van der Waals surface area contributed by atoms with Crippen LogP contribution in [0.4, 0.5) is 5.82 Å². The summed E-state index contributed by atoms with van der Waals surface area (Å²) in [6, 6.07) is 3.94. The lowest BCUT2D eigenvalue weighted by Gasteiger charge is -2.34. The molecule has 17 heavy (non-hydrogen) atoms. The first kappa shape index (κ1) is 11.0. The Hall–Kier alpha value is -1.10. The molecule has 0 bridgehead atoms. The Morgan fingerprint density at radius 3 is 3.06 bits per heavy atom. The fraction of sp³-hybridized carbons (Fsp3) is 0.500. The molecule has 2 aromatic heterocycles. The van der Waals surface area contributed by atoms with Gasteiger partial charge >= 0.3 is 0 Å². The quantitative estimate of drug-likeness (QED) is 0.815. The number of rotatable bonds is 3. The summed E-state index contributed by atoms with van der Waals surface area (Å²) in [6.45, 7) is 1.08. The number of anilines is 1. The fourth-order valence-corrected chi connectivity index (χ4v) is 3.36. The average Bonchev–Trinajstić information content (AvgIpc) is 2.73. The topological polar surface area (TPSA) is 33.4 Å². The van der Waals surface area contributed by atoms with Crippen LogP contribution in [0.1, 0.15) is 12.8 Å². The highest BCUT2D eigenvalue weighted by Crippen LogP contribution is 2.34. The zero-order chi connectivity index (χ0) is 11.8. The van der Waals surface area contributed by atoms with E-state index in [-0.39, 0.29) is 0 Å². The lowest BCUT2D eigenvalue weighted by molar-refractivity contribution is 0.338. The lowest BCUT2D eigenvalue weighted by atomic mass is 9.85. The molecule has 0 N–H and O–H groups in total. The summed E-state index contributed by atoms with van der Waals surface area (Å²) < 4.78 is 1.79. The van der Waals surface area contributed by atoms with E-state index in [2.05, 4.69) is 38.0 Å². The Kier molecular flexibility index (Phi) is 2.78. The molecule has 0 unspecified atom stereocenters. The van der Waals surface area contributed by atoms with Crippen LogP contribution in [-0.2, 0) is 0 Å². The van der Waals surface area contributed by atoms with Crippen molar-refractivity contribution in [2.24, 2.45) is 5.92 Å². The zero-order valence-electron chi connectivity index (χ0n) is 9.75. The van der Waals surface area contributed by atoms with Crippen molar-refractivity contribution >= 4 is 27.4 Å². The molecule has 1 fully saturated rings. The minimum absolute atomic E-state index is 0.728. The third-order valence-electron chi connectivity index (χ3n) is 3.34. The Morgan fingerprint density at radius 1 is 1.47 bits per heavy atom. The Balaban J connectivity index is 1.73. The monoisotopic (exact) mass is 294 g/mol. The van der Waals surface area contributed by atoms with Gasteiger partial charge in [-0.25, -0.2) is 9.50 Å². The molecule has 0 saturated heterocycles. The average molecular weight is 295 g/mol. The standard InChI is InChI=1S/C12H15BrN4/c1-16(8-9-6-10(13)7-9)11-3-5-17-12(15-11)2-4-14-17/h2-5,9-10H,6-8H2,1H3. The number of alkyl halides is 1. The van der Waals surface area contributed by atoms with Crippen LogP contribution in [-0.4, -0.2) is 33.0 Å². The van der Waals surface area contributed by atoms with E-state index in [0.717, 1.165) is 28.8 Å². The third-order valence-corrected chi connectivity index (χ3v) is 4.09. The predicted octanol–water partition coefficient (Wildman–Crippen LogP) is 2.34. The summed E-state index contributed by atoms with van der Waals surface area (Å²) in [7, 11) is 2.11. The third kappa shape index (κ3) is 2.16. The number of hydrogen-bond donors (Lipinski definition) is 0. The predicted molar refractivity (Wildman–Crippen MR) is 71.7 cm³/mol. The van der Waals surface area contributed by atoms with Crippen LogP contribution in [0.2, 0.25) is 0 Å². The molecule has 1 saturated carbocycles. The van der Waals surface area contributed by atoms with Gasteiger partial charge in [-0.05, 0) is 24.8 Å². The summed E-state index contributed by atoms with van der Waals surface area (Å²) >= 11 is 3.63. The van der Waals surface area contributed by atoms with Gasteiger partial charge in [0.1, 0.15) is 5.82 Å². The van der Waals surface area contributed by atoms with Crippen molar-refractivity contribution in [1.82, 2.24) is 14.6 Å².